The van der Waals surface area contributed by atoms with Crippen molar-refractivity contribution in [3.63, 3.8) is 0 Å². The normalized spacial score (nSPS) is 10.6. The fraction of sp³-hybridized carbons (Fsp3) is 0.111. The molecule has 0 atom stereocenters. The molecule has 1 amide bonds. The summed E-state index contributed by atoms with van der Waals surface area (Å²) in [4.78, 5) is 23.2. The van der Waals surface area contributed by atoms with Crippen molar-refractivity contribution in [2.24, 2.45) is 0 Å². The number of hydrogen-bond acceptors (Lipinski definition) is 3. The highest BCUT2D eigenvalue weighted by Crippen LogP contribution is 2.15. The van der Waals surface area contributed by atoms with Crippen LogP contribution in [-0.2, 0) is 14.3 Å². The van der Waals surface area contributed by atoms with Crippen LogP contribution in [0.15, 0.2) is 48.5 Å². The van der Waals surface area contributed by atoms with E-state index in [-0.39, 0.29) is 5.56 Å². The van der Waals surface area contributed by atoms with Crippen molar-refractivity contribution in [3.8, 4) is 0 Å². The summed E-state index contributed by atoms with van der Waals surface area (Å²) in [7, 11) is 0. The number of amides is 1. The Balaban J connectivity index is 1.86. The number of hydrogen-bond donors (Lipinski definition) is 1. The van der Waals surface area contributed by atoms with Gasteiger partial charge in [0.25, 0.3) is 5.91 Å². The number of carbonyl (C=O) groups is 2. The van der Waals surface area contributed by atoms with Crippen LogP contribution in [0.2, 0.25) is 0 Å². The van der Waals surface area contributed by atoms with E-state index in [0.29, 0.717) is 11.3 Å². The number of nitrogens with one attached hydrogen (secondary N) is 1. The number of ether oxygens (including phenoxy) is 1. The van der Waals surface area contributed by atoms with Gasteiger partial charge in [-0.1, -0.05) is 24.3 Å². The van der Waals surface area contributed by atoms with Gasteiger partial charge in [0.1, 0.15) is 11.6 Å². The van der Waals surface area contributed by atoms with Crippen LogP contribution in [0, 0.1) is 18.6 Å². The molecule has 0 aliphatic carbocycles. The molecule has 24 heavy (non-hydrogen) atoms. The fourth-order valence-corrected chi connectivity index (χ4v) is 1.87. The van der Waals surface area contributed by atoms with E-state index in [0.717, 1.165) is 6.08 Å². The van der Waals surface area contributed by atoms with Gasteiger partial charge in [-0.05, 0) is 36.8 Å². The van der Waals surface area contributed by atoms with Crippen LogP contribution in [-0.4, -0.2) is 18.5 Å². The van der Waals surface area contributed by atoms with Crippen LogP contribution in [0.3, 0.4) is 0 Å². The zero-order chi connectivity index (χ0) is 17.5. The maximum absolute atomic E-state index is 13.4. The topological polar surface area (TPSA) is 55.4 Å². The minimum absolute atomic E-state index is 0.231. The molecule has 2 aromatic carbocycles. The predicted octanol–water partition coefficient (Wildman–Crippen LogP) is 3.47. The van der Waals surface area contributed by atoms with E-state index in [1.807, 2.05) is 0 Å². The molecule has 0 fully saturated rings. The summed E-state index contributed by atoms with van der Waals surface area (Å²) in [6.45, 7) is 1.18. The van der Waals surface area contributed by atoms with E-state index >= 15 is 0 Å². The highest BCUT2D eigenvalue weighted by Gasteiger charge is 2.08. The number of benzene rings is 2. The lowest BCUT2D eigenvalue weighted by molar-refractivity contribution is -0.142. The summed E-state index contributed by atoms with van der Waals surface area (Å²) in [6, 6.07) is 9.89. The minimum Gasteiger partial charge on any atom is -0.452 e. The molecule has 0 unspecified atom stereocenters. The van der Waals surface area contributed by atoms with Crippen LogP contribution in [0.25, 0.3) is 6.08 Å². The van der Waals surface area contributed by atoms with E-state index in [1.165, 1.54) is 42.5 Å². The Morgan fingerprint density at radius 1 is 1.17 bits per heavy atom. The highest BCUT2D eigenvalue weighted by molar-refractivity contribution is 5.95. The molecule has 0 aromatic heterocycles. The van der Waals surface area contributed by atoms with Gasteiger partial charge in [-0.25, -0.2) is 13.6 Å². The molecule has 0 radical (unpaired) electrons. The lowest BCUT2D eigenvalue weighted by Gasteiger charge is -2.08. The Labute approximate surface area is 137 Å². The summed E-state index contributed by atoms with van der Waals surface area (Å²) < 4.78 is 31.3. The van der Waals surface area contributed by atoms with Gasteiger partial charge < -0.3 is 10.1 Å². The first-order valence-corrected chi connectivity index (χ1v) is 7.11. The van der Waals surface area contributed by atoms with Gasteiger partial charge in [0.2, 0.25) is 0 Å². The first-order chi connectivity index (χ1) is 11.5. The molecule has 2 rings (SSSR count). The van der Waals surface area contributed by atoms with Gasteiger partial charge in [0.15, 0.2) is 6.61 Å². The predicted molar refractivity (Wildman–Crippen MR) is 86.2 cm³/mol. The number of esters is 1. The monoisotopic (exact) mass is 331 g/mol. The molecule has 0 spiro atoms. The van der Waals surface area contributed by atoms with Gasteiger partial charge in [-0.2, -0.15) is 0 Å². The third-order valence-electron chi connectivity index (χ3n) is 3.12. The SMILES string of the molecule is Cc1ccc(F)cc1NC(=O)COC(=O)/C=C/c1ccccc1F. The van der Waals surface area contributed by atoms with Crippen LogP contribution in [0.1, 0.15) is 11.1 Å². The molecule has 4 nitrogen and oxygen atoms in total. The van der Waals surface area contributed by atoms with Crippen molar-refractivity contribution in [1.82, 2.24) is 0 Å². The summed E-state index contributed by atoms with van der Waals surface area (Å²) in [5.74, 6) is -2.35. The number of aryl methyl sites for hydroxylation is 1. The lowest BCUT2D eigenvalue weighted by atomic mass is 10.2. The number of carbonyl (C=O) groups excluding carboxylic acids is 2. The number of halogens is 2. The Morgan fingerprint density at radius 2 is 1.92 bits per heavy atom. The van der Waals surface area contributed by atoms with Crippen molar-refractivity contribution >= 4 is 23.6 Å². The molecular weight excluding hydrogens is 316 g/mol. The van der Waals surface area contributed by atoms with E-state index in [2.05, 4.69) is 5.32 Å². The Bertz CT molecular complexity index is 788. The standard InChI is InChI=1S/C18H15F2NO3/c1-12-6-8-14(19)10-16(12)21-17(22)11-24-18(23)9-7-13-4-2-3-5-15(13)20/h2-10H,11H2,1H3,(H,21,22)/b9-7+. The maximum atomic E-state index is 13.4. The average Bonchev–Trinajstić information content (AvgIpc) is 2.55. The van der Waals surface area contributed by atoms with Gasteiger partial charge in [0.05, 0.1) is 0 Å². The summed E-state index contributed by atoms with van der Waals surface area (Å²) in [5, 5.41) is 2.45. The Kier molecular flexibility index (Phi) is 5.78. The van der Waals surface area contributed by atoms with Gasteiger partial charge in [0, 0.05) is 17.3 Å². The largest absolute Gasteiger partial charge is 0.452 e. The zero-order valence-electron chi connectivity index (χ0n) is 12.9. The fourth-order valence-electron chi connectivity index (χ4n) is 1.87. The number of rotatable bonds is 5. The smallest absolute Gasteiger partial charge is 0.331 e. The molecule has 0 heterocycles. The molecule has 2 aromatic rings. The van der Waals surface area contributed by atoms with Crippen LogP contribution in [0.5, 0.6) is 0 Å². The average molecular weight is 331 g/mol. The highest BCUT2D eigenvalue weighted by atomic mass is 19.1. The van der Waals surface area contributed by atoms with E-state index in [9.17, 15) is 18.4 Å². The van der Waals surface area contributed by atoms with E-state index in [1.54, 1.807) is 13.0 Å². The van der Waals surface area contributed by atoms with Gasteiger partial charge >= 0.3 is 5.97 Å². The van der Waals surface area contributed by atoms with Crippen LogP contribution < -0.4 is 5.32 Å². The molecule has 0 bridgehead atoms. The quantitative estimate of drug-likeness (QED) is 0.674. The number of anilines is 1. The van der Waals surface area contributed by atoms with E-state index in [4.69, 9.17) is 4.74 Å². The molecule has 1 N–H and O–H groups in total. The second-order valence-electron chi connectivity index (χ2n) is 4.97. The van der Waals surface area contributed by atoms with Gasteiger partial charge in [-0.15, -0.1) is 0 Å². The van der Waals surface area contributed by atoms with Gasteiger partial charge in [-0.3, -0.25) is 4.79 Å². The van der Waals surface area contributed by atoms with Crippen molar-refractivity contribution in [2.45, 2.75) is 6.92 Å². The third-order valence-corrected chi connectivity index (χ3v) is 3.12. The molecule has 124 valence electrons. The molecule has 6 heteroatoms. The Morgan fingerprint density at radius 3 is 2.67 bits per heavy atom. The first-order valence-electron chi connectivity index (χ1n) is 7.11. The first kappa shape index (κ1) is 17.3. The lowest BCUT2D eigenvalue weighted by Crippen LogP contribution is -2.20. The van der Waals surface area contributed by atoms with Crippen molar-refractivity contribution < 1.29 is 23.1 Å². The van der Waals surface area contributed by atoms with Crippen molar-refractivity contribution in [2.75, 3.05) is 11.9 Å². The maximum Gasteiger partial charge on any atom is 0.331 e. The zero-order valence-corrected chi connectivity index (χ0v) is 12.9. The molecule has 0 saturated carbocycles. The third kappa shape index (κ3) is 5.01. The summed E-state index contributed by atoms with van der Waals surface area (Å²) in [5.41, 5.74) is 1.21. The molecule has 0 aliphatic heterocycles. The van der Waals surface area contributed by atoms with Crippen molar-refractivity contribution in [1.29, 1.82) is 0 Å². The molecule has 0 aliphatic rings. The minimum atomic E-state index is -0.788. The Hall–Kier alpha value is -3.02. The summed E-state index contributed by atoms with van der Waals surface area (Å²) >= 11 is 0. The second-order valence-corrected chi connectivity index (χ2v) is 4.97. The molecule has 0 saturated heterocycles. The van der Waals surface area contributed by atoms with Crippen LogP contribution in [0.4, 0.5) is 14.5 Å². The van der Waals surface area contributed by atoms with E-state index < -0.39 is 30.1 Å². The van der Waals surface area contributed by atoms with Crippen LogP contribution >= 0.6 is 0 Å². The second kappa shape index (κ2) is 8.01. The van der Waals surface area contributed by atoms with Crippen molar-refractivity contribution in [3.05, 3.63) is 71.3 Å². The molecular formula is C18H15F2NO3. The summed E-state index contributed by atoms with van der Waals surface area (Å²) in [6.07, 6.45) is 2.28.